The van der Waals surface area contributed by atoms with E-state index in [9.17, 15) is 10.4 Å². The quantitative estimate of drug-likeness (QED) is 0.760. The van der Waals surface area contributed by atoms with Crippen LogP contribution < -0.4 is 0 Å². The number of aliphatic hydroxyl groups is 1. The van der Waals surface area contributed by atoms with Gasteiger partial charge in [0, 0.05) is 11.0 Å². The second kappa shape index (κ2) is 5.47. The fourth-order valence-electron chi connectivity index (χ4n) is 3.62. The molecule has 0 aromatic heterocycles. The molecular formula is C18H31NO2Si. The predicted molar refractivity (Wildman–Crippen MR) is 91.9 cm³/mol. The molecule has 1 saturated carbocycles. The summed E-state index contributed by atoms with van der Waals surface area (Å²) in [6.45, 7) is 13.5. The first-order chi connectivity index (χ1) is 9.95. The Hall–Kier alpha value is -0.633. The van der Waals surface area contributed by atoms with Crippen molar-refractivity contribution in [1.29, 1.82) is 5.26 Å². The van der Waals surface area contributed by atoms with Gasteiger partial charge in [0.05, 0.1) is 17.8 Å². The lowest BCUT2D eigenvalue weighted by molar-refractivity contribution is -0.139. The van der Waals surface area contributed by atoms with Crippen molar-refractivity contribution in [2.24, 2.45) is 5.41 Å². The number of rotatable bonds is 2. The second-order valence-corrected chi connectivity index (χ2v) is 13.6. The SMILES string of the molecule is CC(C)(C)[Si](C)(C)O[C@@H]1CCC[C@@]2(O)C=C(C#N)CC[C@@]12C. The van der Waals surface area contributed by atoms with Gasteiger partial charge in [0.2, 0.25) is 0 Å². The first-order valence-corrected chi connectivity index (χ1v) is 11.4. The number of allylic oxidation sites excluding steroid dienone is 1. The molecule has 2 aliphatic carbocycles. The van der Waals surface area contributed by atoms with Crippen molar-refractivity contribution in [3.05, 3.63) is 11.6 Å². The van der Waals surface area contributed by atoms with Crippen LogP contribution in [0.1, 0.15) is 59.8 Å². The summed E-state index contributed by atoms with van der Waals surface area (Å²) in [6, 6.07) is 2.24. The molecule has 0 aromatic carbocycles. The Balaban J connectivity index is 2.32. The Bertz CT molecular complexity index is 514. The van der Waals surface area contributed by atoms with Crippen molar-refractivity contribution < 1.29 is 9.53 Å². The molecule has 4 heteroatoms. The van der Waals surface area contributed by atoms with E-state index >= 15 is 0 Å². The maximum absolute atomic E-state index is 11.2. The van der Waals surface area contributed by atoms with E-state index in [0.717, 1.165) is 37.7 Å². The molecule has 3 nitrogen and oxygen atoms in total. The molecule has 22 heavy (non-hydrogen) atoms. The Morgan fingerprint density at radius 1 is 1.36 bits per heavy atom. The molecule has 0 bridgehead atoms. The average molecular weight is 322 g/mol. The summed E-state index contributed by atoms with van der Waals surface area (Å²) >= 11 is 0. The van der Waals surface area contributed by atoms with Crippen LogP contribution in [0, 0.1) is 16.7 Å². The summed E-state index contributed by atoms with van der Waals surface area (Å²) in [4.78, 5) is 0. The van der Waals surface area contributed by atoms with Crippen LogP contribution in [-0.2, 0) is 4.43 Å². The molecule has 0 aromatic rings. The minimum Gasteiger partial charge on any atom is -0.413 e. The maximum atomic E-state index is 11.2. The van der Waals surface area contributed by atoms with Gasteiger partial charge < -0.3 is 9.53 Å². The Kier molecular flexibility index (Phi) is 4.41. The molecule has 0 unspecified atom stereocenters. The van der Waals surface area contributed by atoms with Gasteiger partial charge in [-0.1, -0.05) is 27.7 Å². The van der Waals surface area contributed by atoms with Crippen LogP contribution >= 0.6 is 0 Å². The summed E-state index contributed by atoms with van der Waals surface area (Å²) in [6.07, 6.45) is 6.23. The van der Waals surface area contributed by atoms with Gasteiger partial charge in [-0.2, -0.15) is 5.26 Å². The minimum absolute atomic E-state index is 0.0867. The van der Waals surface area contributed by atoms with Gasteiger partial charge in [-0.25, -0.2) is 0 Å². The molecule has 2 aliphatic rings. The molecule has 0 spiro atoms. The van der Waals surface area contributed by atoms with Crippen molar-refractivity contribution in [3.8, 4) is 6.07 Å². The first kappa shape index (κ1) is 17.7. The number of nitrogens with zero attached hydrogens (tertiary/aromatic N) is 1. The molecular weight excluding hydrogens is 290 g/mol. The van der Waals surface area contributed by atoms with Gasteiger partial charge in [0.15, 0.2) is 8.32 Å². The topological polar surface area (TPSA) is 53.2 Å². The van der Waals surface area contributed by atoms with Crippen molar-refractivity contribution in [1.82, 2.24) is 0 Å². The highest BCUT2D eigenvalue weighted by atomic mass is 28.4. The zero-order valence-electron chi connectivity index (χ0n) is 15.0. The normalized spacial score (nSPS) is 36.3. The van der Waals surface area contributed by atoms with Crippen LogP contribution in [0.25, 0.3) is 0 Å². The molecule has 0 aliphatic heterocycles. The average Bonchev–Trinajstić information content (AvgIpc) is 2.38. The van der Waals surface area contributed by atoms with E-state index in [2.05, 4.69) is 46.9 Å². The Labute approximate surface area is 136 Å². The monoisotopic (exact) mass is 321 g/mol. The molecule has 124 valence electrons. The van der Waals surface area contributed by atoms with Crippen LogP contribution in [0.5, 0.6) is 0 Å². The van der Waals surface area contributed by atoms with Crippen LogP contribution in [0.2, 0.25) is 18.1 Å². The molecule has 0 heterocycles. The molecule has 0 saturated heterocycles. The lowest BCUT2D eigenvalue weighted by Crippen LogP contribution is -2.60. The van der Waals surface area contributed by atoms with E-state index in [-0.39, 0.29) is 16.6 Å². The molecule has 0 amide bonds. The van der Waals surface area contributed by atoms with Crippen LogP contribution in [0.4, 0.5) is 0 Å². The number of fused-ring (bicyclic) bond motifs is 1. The smallest absolute Gasteiger partial charge is 0.192 e. The van der Waals surface area contributed by atoms with Crippen LogP contribution in [-0.4, -0.2) is 25.1 Å². The second-order valence-electron chi connectivity index (χ2n) is 8.88. The van der Waals surface area contributed by atoms with Crippen molar-refractivity contribution >= 4 is 8.32 Å². The third-order valence-corrected chi connectivity index (χ3v) is 10.9. The van der Waals surface area contributed by atoms with E-state index in [0.29, 0.717) is 0 Å². The van der Waals surface area contributed by atoms with Gasteiger partial charge in [0.1, 0.15) is 0 Å². The van der Waals surface area contributed by atoms with Gasteiger partial charge >= 0.3 is 0 Å². The summed E-state index contributed by atoms with van der Waals surface area (Å²) in [5, 5.41) is 20.6. The van der Waals surface area contributed by atoms with E-state index in [1.165, 1.54) is 0 Å². The van der Waals surface area contributed by atoms with Gasteiger partial charge in [-0.3, -0.25) is 0 Å². The fraction of sp³-hybridized carbons (Fsp3) is 0.833. The molecule has 1 N–H and O–H groups in total. The van der Waals surface area contributed by atoms with Crippen molar-refractivity contribution in [2.45, 2.75) is 89.6 Å². The first-order valence-electron chi connectivity index (χ1n) is 8.47. The van der Waals surface area contributed by atoms with Gasteiger partial charge in [-0.05, 0) is 56.3 Å². The van der Waals surface area contributed by atoms with Gasteiger partial charge in [-0.15, -0.1) is 0 Å². The fourth-order valence-corrected chi connectivity index (χ4v) is 5.06. The molecule has 2 rings (SSSR count). The Morgan fingerprint density at radius 3 is 2.55 bits per heavy atom. The van der Waals surface area contributed by atoms with E-state index < -0.39 is 13.9 Å². The van der Waals surface area contributed by atoms with Crippen molar-refractivity contribution in [2.75, 3.05) is 0 Å². The highest BCUT2D eigenvalue weighted by molar-refractivity contribution is 6.74. The summed E-state index contributed by atoms with van der Waals surface area (Å²) in [7, 11) is -1.87. The number of hydrogen-bond acceptors (Lipinski definition) is 3. The maximum Gasteiger partial charge on any atom is 0.192 e. The molecule has 1 fully saturated rings. The lowest BCUT2D eigenvalue weighted by Gasteiger charge is -2.56. The largest absolute Gasteiger partial charge is 0.413 e. The minimum atomic E-state index is -1.87. The van der Waals surface area contributed by atoms with E-state index in [4.69, 9.17) is 4.43 Å². The highest BCUT2D eigenvalue weighted by Gasteiger charge is 2.56. The van der Waals surface area contributed by atoms with Crippen LogP contribution in [0.3, 0.4) is 0 Å². The number of hydrogen-bond donors (Lipinski definition) is 1. The molecule has 0 radical (unpaired) electrons. The lowest BCUT2D eigenvalue weighted by atomic mass is 9.57. The van der Waals surface area contributed by atoms with E-state index in [1.807, 2.05) is 6.08 Å². The highest BCUT2D eigenvalue weighted by Crippen LogP contribution is 2.54. The third-order valence-electron chi connectivity index (χ3n) is 6.44. The summed E-state index contributed by atoms with van der Waals surface area (Å²) in [5.41, 5.74) is -0.434. The van der Waals surface area contributed by atoms with Gasteiger partial charge in [0.25, 0.3) is 0 Å². The van der Waals surface area contributed by atoms with Crippen LogP contribution in [0.15, 0.2) is 11.6 Å². The Morgan fingerprint density at radius 2 is 2.00 bits per heavy atom. The third kappa shape index (κ3) is 2.79. The van der Waals surface area contributed by atoms with E-state index in [1.54, 1.807) is 0 Å². The zero-order chi connectivity index (χ0) is 16.8. The summed E-state index contributed by atoms with van der Waals surface area (Å²) < 4.78 is 6.72. The summed E-state index contributed by atoms with van der Waals surface area (Å²) in [5.74, 6) is 0. The standard InChI is InChI=1S/C18H31NO2Si/c1-16(2,3)22(5,6)21-15-8-7-10-18(20)12-14(13-19)9-11-17(15,18)4/h12,15,20H,7-11H2,1-6H3/t15-,17+,18-/m1/s1. The number of nitriles is 1. The zero-order valence-corrected chi connectivity index (χ0v) is 16.0. The van der Waals surface area contributed by atoms with Crippen molar-refractivity contribution in [3.63, 3.8) is 0 Å². The molecule has 3 atom stereocenters. The predicted octanol–water partition coefficient (Wildman–Crippen LogP) is 4.54.